The maximum Gasteiger partial charge on any atom is 0.305 e. The number of rotatable bonds is 3. The van der Waals surface area contributed by atoms with Gasteiger partial charge in [0.05, 0.1) is 24.0 Å². The quantitative estimate of drug-likeness (QED) is 0.803. The van der Waals surface area contributed by atoms with Crippen molar-refractivity contribution >= 4 is 32.5 Å². The minimum Gasteiger partial charge on any atom is -0.481 e. The molecule has 0 bridgehead atoms. The van der Waals surface area contributed by atoms with Gasteiger partial charge in [-0.05, 0) is 0 Å². The van der Waals surface area contributed by atoms with Crippen LogP contribution in [-0.2, 0) is 14.6 Å². The monoisotopic (exact) mass is 277 g/mol. The lowest BCUT2D eigenvalue weighted by Crippen LogP contribution is -2.49. The molecule has 2 rings (SSSR count). The molecule has 17 heavy (non-hydrogen) atoms. The fraction of sp³-hybridized carbons (Fsp3) is 0.625. The molecule has 1 saturated heterocycles. The second-order valence-electron chi connectivity index (χ2n) is 3.78. The van der Waals surface area contributed by atoms with Crippen molar-refractivity contribution in [2.75, 3.05) is 23.0 Å². The van der Waals surface area contributed by atoms with Gasteiger partial charge in [-0.15, -0.1) is 0 Å². The first kappa shape index (κ1) is 12.2. The molecule has 1 aliphatic heterocycles. The second kappa shape index (κ2) is 4.57. The second-order valence-corrected chi connectivity index (χ2v) is 6.77. The van der Waals surface area contributed by atoms with E-state index >= 15 is 0 Å². The highest BCUT2D eigenvalue weighted by Crippen LogP contribution is 2.23. The molecule has 1 aromatic rings. The third kappa shape index (κ3) is 2.91. The molecule has 0 aromatic carbocycles. The first-order valence-corrected chi connectivity index (χ1v) is 7.53. The molecule has 0 radical (unpaired) electrons. The number of hydrogen-bond donors (Lipinski definition) is 1. The normalized spacial score (nSPS) is 23.5. The molecule has 1 aliphatic rings. The molecule has 1 unspecified atom stereocenters. The Balaban J connectivity index is 2.22. The van der Waals surface area contributed by atoms with E-state index in [1.54, 1.807) is 4.90 Å². The Kier molecular flexibility index (Phi) is 3.29. The summed E-state index contributed by atoms with van der Waals surface area (Å²) in [5.41, 5.74) is 0. The fourth-order valence-electron chi connectivity index (χ4n) is 1.80. The Morgan fingerprint density at radius 1 is 1.65 bits per heavy atom. The van der Waals surface area contributed by atoms with E-state index in [1.807, 2.05) is 0 Å². The zero-order valence-corrected chi connectivity index (χ0v) is 10.4. The Labute approximate surface area is 102 Å². The van der Waals surface area contributed by atoms with Gasteiger partial charge in [-0.1, -0.05) is 0 Å². The maximum atomic E-state index is 11.5. The first-order valence-electron chi connectivity index (χ1n) is 4.93. The number of nitrogens with zero attached hydrogens (tertiary/aromatic N) is 3. The molecule has 0 saturated carbocycles. The summed E-state index contributed by atoms with van der Waals surface area (Å²) in [7, 11) is -3.15. The van der Waals surface area contributed by atoms with E-state index in [1.165, 1.54) is 6.33 Å². The van der Waals surface area contributed by atoms with E-state index in [2.05, 4.69) is 9.36 Å². The van der Waals surface area contributed by atoms with Gasteiger partial charge in [0.2, 0.25) is 5.13 Å². The molecule has 1 atom stereocenters. The van der Waals surface area contributed by atoms with Gasteiger partial charge in [0, 0.05) is 18.1 Å². The average molecular weight is 277 g/mol. The molecule has 0 spiro atoms. The van der Waals surface area contributed by atoms with E-state index in [4.69, 9.17) is 5.11 Å². The number of sulfone groups is 1. The van der Waals surface area contributed by atoms with Crippen LogP contribution in [0.15, 0.2) is 6.33 Å². The number of carboxylic acids is 1. The average Bonchev–Trinajstić information content (AvgIpc) is 2.68. The van der Waals surface area contributed by atoms with Gasteiger partial charge in [0.15, 0.2) is 9.84 Å². The van der Waals surface area contributed by atoms with E-state index in [0.717, 1.165) is 11.5 Å². The molecule has 1 fully saturated rings. The third-order valence-corrected chi connectivity index (χ3v) is 4.94. The summed E-state index contributed by atoms with van der Waals surface area (Å²) in [6, 6.07) is -0.556. The van der Waals surface area contributed by atoms with E-state index in [0.29, 0.717) is 5.13 Å². The van der Waals surface area contributed by atoms with Gasteiger partial charge in [-0.3, -0.25) is 4.79 Å². The van der Waals surface area contributed by atoms with E-state index < -0.39 is 21.8 Å². The van der Waals surface area contributed by atoms with Gasteiger partial charge in [0.1, 0.15) is 6.33 Å². The van der Waals surface area contributed by atoms with Gasteiger partial charge in [0.25, 0.3) is 0 Å². The van der Waals surface area contributed by atoms with Crippen molar-refractivity contribution in [3.63, 3.8) is 0 Å². The molecule has 94 valence electrons. The van der Waals surface area contributed by atoms with Crippen molar-refractivity contribution in [3.05, 3.63) is 6.33 Å². The highest BCUT2D eigenvalue weighted by atomic mass is 32.2. The van der Waals surface area contributed by atoms with Crippen LogP contribution in [-0.4, -0.2) is 52.9 Å². The molecule has 9 heteroatoms. The smallest absolute Gasteiger partial charge is 0.305 e. The zero-order chi connectivity index (χ0) is 12.5. The number of aromatic nitrogens is 2. The van der Waals surface area contributed by atoms with Crippen molar-refractivity contribution in [1.82, 2.24) is 9.36 Å². The predicted molar refractivity (Wildman–Crippen MR) is 61.9 cm³/mol. The van der Waals surface area contributed by atoms with Gasteiger partial charge in [-0.2, -0.15) is 4.37 Å². The molecule has 2 heterocycles. The van der Waals surface area contributed by atoms with Gasteiger partial charge >= 0.3 is 5.97 Å². The first-order chi connectivity index (χ1) is 7.98. The Morgan fingerprint density at radius 3 is 3.00 bits per heavy atom. The van der Waals surface area contributed by atoms with Gasteiger partial charge in [-0.25, -0.2) is 13.4 Å². The van der Waals surface area contributed by atoms with Crippen LogP contribution in [0.2, 0.25) is 0 Å². The molecule has 1 aromatic heterocycles. The molecule has 7 nitrogen and oxygen atoms in total. The minimum atomic E-state index is -3.15. The largest absolute Gasteiger partial charge is 0.481 e. The molecule has 1 N–H and O–H groups in total. The lowest BCUT2D eigenvalue weighted by atomic mass is 10.2. The van der Waals surface area contributed by atoms with Crippen LogP contribution in [0, 0.1) is 0 Å². The molecular formula is C8H11N3O4S2. The van der Waals surface area contributed by atoms with Crippen LogP contribution in [0.3, 0.4) is 0 Å². The lowest BCUT2D eigenvalue weighted by molar-refractivity contribution is -0.137. The summed E-state index contributed by atoms with van der Waals surface area (Å²) in [6.45, 7) is 0.273. The minimum absolute atomic E-state index is 0.0305. The number of anilines is 1. The van der Waals surface area contributed by atoms with E-state index in [-0.39, 0.29) is 24.5 Å². The summed E-state index contributed by atoms with van der Waals surface area (Å²) in [5.74, 6) is -1.12. The third-order valence-electron chi connectivity index (χ3n) is 2.54. The van der Waals surface area contributed by atoms with Crippen molar-refractivity contribution in [1.29, 1.82) is 0 Å². The van der Waals surface area contributed by atoms with Crippen LogP contribution < -0.4 is 4.90 Å². The predicted octanol–water partition coefficient (Wildman–Crippen LogP) is -0.384. The highest BCUT2D eigenvalue weighted by Gasteiger charge is 2.33. The SMILES string of the molecule is O=C(O)CC1CS(=O)(=O)CCN1c1ncns1. The molecular weight excluding hydrogens is 266 g/mol. The standard InChI is InChI=1S/C8H11N3O4S2/c12-7(13)3-6-4-17(14,15)2-1-11(6)8-9-5-10-16-8/h5-6H,1-4H2,(H,12,13). The zero-order valence-electron chi connectivity index (χ0n) is 8.81. The van der Waals surface area contributed by atoms with Crippen LogP contribution in [0.1, 0.15) is 6.42 Å². The molecule has 0 aliphatic carbocycles. The Bertz CT molecular complexity index is 499. The number of hydrogen-bond acceptors (Lipinski definition) is 7. The highest BCUT2D eigenvalue weighted by molar-refractivity contribution is 7.91. The topological polar surface area (TPSA) is 100 Å². The number of aliphatic carboxylic acids is 1. The van der Waals surface area contributed by atoms with Gasteiger partial charge < -0.3 is 10.0 Å². The summed E-state index contributed by atoms with van der Waals surface area (Å²) in [5, 5.41) is 9.37. The fourth-order valence-corrected chi connectivity index (χ4v) is 3.96. The molecule has 0 amide bonds. The van der Waals surface area contributed by atoms with Crippen molar-refractivity contribution in [2.24, 2.45) is 0 Å². The van der Waals surface area contributed by atoms with Crippen LogP contribution in [0.4, 0.5) is 5.13 Å². The van der Waals surface area contributed by atoms with Crippen molar-refractivity contribution < 1.29 is 18.3 Å². The Morgan fingerprint density at radius 2 is 2.41 bits per heavy atom. The van der Waals surface area contributed by atoms with Crippen molar-refractivity contribution in [2.45, 2.75) is 12.5 Å². The maximum absolute atomic E-state index is 11.5. The summed E-state index contributed by atoms with van der Waals surface area (Å²) < 4.78 is 26.9. The summed E-state index contributed by atoms with van der Waals surface area (Å²) >= 11 is 1.14. The number of carbonyl (C=O) groups is 1. The van der Waals surface area contributed by atoms with E-state index in [9.17, 15) is 13.2 Å². The number of carboxylic acid groups (broad SMARTS) is 1. The Hall–Kier alpha value is -1.22. The summed E-state index contributed by atoms with van der Waals surface area (Å²) in [4.78, 5) is 16.4. The van der Waals surface area contributed by atoms with Crippen LogP contribution in [0.25, 0.3) is 0 Å². The summed E-state index contributed by atoms with van der Waals surface area (Å²) in [6.07, 6.45) is 1.17. The van der Waals surface area contributed by atoms with Crippen molar-refractivity contribution in [3.8, 4) is 0 Å². The van der Waals surface area contributed by atoms with Crippen LogP contribution in [0.5, 0.6) is 0 Å². The lowest BCUT2D eigenvalue weighted by Gasteiger charge is -2.33. The van der Waals surface area contributed by atoms with Crippen LogP contribution >= 0.6 is 11.5 Å².